The number of carbonyl (C=O) groups is 1. The van der Waals surface area contributed by atoms with Crippen LogP contribution in [0.25, 0.3) is 22.1 Å². The average molecular weight is 269 g/mol. The van der Waals surface area contributed by atoms with Gasteiger partial charge in [-0.2, -0.15) is 0 Å². The highest BCUT2D eigenvalue weighted by Crippen LogP contribution is 2.30. The van der Waals surface area contributed by atoms with E-state index in [9.17, 15) is 4.79 Å². The largest absolute Gasteiger partial charge is 0.435 e. The number of rotatable bonds is 3. The van der Waals surface area contributed by atoms with Crippen LogP contribution >= 0.6 is 11.3 Å². The minimum Gasteiger partial charge on any atom is -0.435 e. The third-order valence-corrected chi connectivity index (χ3v) is 3.90. The molecule has 3 aromatic rings. The number of Topliss-reactive ketones (excluding diaryl/α,β-unsaturated/α-hetero) is 1. The van der Waals surface area contributed by atoms with Gasteiger partial charge in [0.15, 0.2) is 11.5 Å². The number of hydrogen-bond donors (Lipinski definition) is 0. The minimum atomic E-state index is 0.0612. The highest BCUT2D eigenvalue weighted by molar-refractivity contribution is 7.17. The molecule has 0 saturated heterocycles. The molecule has 0 unspecified atom stereocenters. The predicted octanol–water partition coefficient (Wildman–Crippen LogP) is 4.27. The van der Waals surface area contributed by atoms with Crippen molar-refractivity contribution >= 4 is 17.1 Å². The zero-order valence-electron chi connectivity index (χ0n) is 10.3. The Bertz CT molecular complexity index is 713. The van der Waals surface area contributed by atoms with Crippen LogP contribution in [0.4, 0.5) is 0 Å². The van der Waals surface area contributed by atoms with Gasteiger partial charge in [-0.1, -0.05) is 30.3 Å². The fourth-order valence-electron chi connectivity index (χ4n) is 1.77. The first kappa shape index (κ1) is 11.9. The molecule has 0 aliphatic carbocycles. The van der Waals surface area contributed by atoms with E-state index in [1.54, 1.807) is 19.2 Å². The average Bonchev–Trinajstić information content (AvgIpc) is 3.09. The first-order valence-corrected chi connectivity index (χ1v) is 6.68. The van der Waals surface area contributed by atoms with Crippen LogP contribution in [0, 0.1) is 0 Å². The molecule has 1 aromatic carbocycles. The Labute approximate surface area is 114 Å². The van der Waals surface area contributed by atoms with Gasteiger partial charge in [-0.25, -0.2) is 4.98 Å². The first-order chi connectivity index (χ1) is 9.24. The number of aromatic nitrogens is 1. The van der Waals surface area contributed by atoms with Crippen molar-refractivity contribution in [3.8, 4) is 22.1 Å². The standard InChI is InChI=1S/C15H11NO2S/c1-10(17)13-7-8-14(19-13)15-16-9-12(18-15)11-5-3-2-4-6-11/h2-9H,1H3. The van der Waals surface area contributed by atoms with E-state index in [2.05, 4.69) is 4.98 Å². The lowest BCUT2D eigenvalue weighted by atomic mass is 10.2. The smallest absolute Gasteiger partial charge is 0.236 e. The molecule has 0 saturated carbocycles. The number of ketones is 1. The van der Waals surface area contributed by atoms with E-state index in [0.717, 1.165) is 21.1 Å². The van der Waals surface area contributed by atoms with E-state index in [1.165, 1.54) is 11.3 Å². The van der Waals surface area contributed by atoms with E-state index in [-0.39, 0.29) is 5.78 Å². The van der Waals surface area contributed by atoms with E-state index in [1.807, 2.05) is 36.4 Å². The second-order valence-corrected chi connectivity index (χ2v) is 5.20. The molecule has 2 aromatic heterocycles. The monoisotopic (exact) mass is 269 g/mol. The van der Waals surface area contributed by atoms with E-state index < -0.39 is 0 Å². The number of hydrogen-bond acceptors (Lipinski definition) is 4. The van der Waals surface area contributed by atoms with Crippen molar-refractivity contribution in [2.45, 2.75) is 6.92 Å². The Morgan fingerprint density at radius 2 is 1.95 bits per heavy atom. The number of thiophene rings is 1. The molecule has 0 atom stereocenters. The highest BCUT2D eigenvalue weighted by atomic mass is 32.1. The maximum Gasteiger partial charge on any atom is 0.236 e. The summed E-state index contributed by atoms with van der Waals surface area (Å²) in [6.45, 7) is 1.56. The summed E-state index contributed by atoms with van der Waals surface area (Å²) in [5.41, 5.74) is 0.990. The van der Waals surface area contributed by atoms with Gasteiger partial charge in [-0.05, 0) is 19.1 Å². The van der Waals surface area contributed by atoms with Crippen LogP contribution in [-0.4, -0.2) is 10.8 Å². The quantitative estimate of drug-likeness (QED) is 0.667. The van der Waals surface area contributed by atoms with Gasteiger partial charge in [0.1, 0.15) is 0 Å². The summed E-state index contributed by atoms with van der Waals surface area (Å²) < 4.78 is 5.74. The van der Waals surface area contributed by atoms with Gasteiger partial charge in [0.25, 0.3) is 0 Å². The van der Waals surface area contributed by atoms with Crippen LogP contribution in [-0.2, 0) is 0 Å². The highest BCUT2D eigenvalue weighted by Gasteiger charge is 2.12. The normalized spacial score (nSPS) is 10.6. The second kappa shape index (κ2) is 4.82. The summed E-state index contributed by atoms with van der Waals surface area (Å²) in [6.07, 6.45) is 1.71. The van der Waals surface area contributed by atoms with E-state index in [4.69, 9.17) is 4.42 Å². The zero-order valence-corrected chi connectivity index (χ0v) is 11.1. The molecule has 0 aliphatic rings. The molecule has 0 amide bonds. The Morgan fingerprint density at radius 1 is 1.16 bits per heavy atom. The van der Waals surface area contributed by atoms with Gasteiger partial charge in [0.2, 0.25) is 5.89 Å². The Kier molecular flexibility index (Phi) is 3.01. The van der Waals surface area contributed by atoms with E-state index in [0.29, 0.717) is 5.89 Å². The Balaban J connectivity index is 1.94. The van der Waals surface area contributed by atoms with Crippen LogP contribution in [0.5, 0.6) is 0 Å². The molecule has 94 valence electrons. The Morgan fingerprint density at radius 3 is 2.63 bits per heavy atom. The van der Waals surface area contributed by atoms with Gasteiger partial charge >= 0.3 is 0 Å². The lowest BCUT2D eigenvalue weighted by molar-refractivity contribution is 0.102. The van der Waals surface area contributed by atoms with Crippen molar-refractivity contribution in [2.24, 2.45) is 0 Å². The van der Waals surface area contributed by atoms with Gasteiger partial charge in [-0.3, -0.25) is 4.79 Å². The molecule has 0 spiro atoms. The minimum absolute atomic E-state index is 0.0612. The molecule has 3 rings (SSSR count). The number of oxazole rings is 1. The molecular weight excluding hydrogens is 258 g/mol. The third-order valence-electron chi connectivity index (χ3n) is 2.73. The van der Waals surface area contributed by atoms with Gasteiger partial charge in [0.05, 0.1) is 16.0 Å². The van der Waals surface area contributed by atoms with Crippen LogP contribution in [0.2, 0.25) is 0 Å². The van der Waals surface area contributed by atoms with Crippen LogP contribution < -0.4 is 0 Å². The van der Waals surface area contributed by atoms with Gasteiger partial charge in [0, 0.05) is 5.56 Å². The van der Waals surface area contributed by atoms with Crippen LogP contribution in [0.1, 0.15) is 16.6 Å². The number of carbonyl (C=O) groups excluding carboxylic acids is 1. The number of benzene rings is 1. The van der Waals surface area contributed by atoms with Crippen LogP contribution in [0.3, 0.4) is 0 Å². The summed E-state index contributed by atoms with van der Waals surface area (Å²) >= 11 is 1.40. The second-order valence-electron chi connectivity index (χ2n) is 4.12. The molecule has 2 heterocycles. The summed E-state index contributed by atoms with van der Waals surface area (Å²) in [4.78, 5) is 17.1. The molecule has 4 heteroatoms. The fraction of sp³-hybridized carbons (Fsp3) is 0.0667. The summed E-state index contributed by atoms with van der Waals surface area (Å²) in [5.74, 6) is 1.34. The number of nitrogens with zero attached hydrogens (tertiary/aromatic N) is 1. The maximum atomic E-state index is 11.3. The Hall–Kier alpha value is -2.20. The molecule has 0 bridgehead atoms. The van der Waals surface area contributed by atoms with Crippen molar-refractivity contribution in [3.63, 3.8) is 0 Å². The van der Waals surface area contributed by atoms with Gasteiger partial charge in [-0.15, -0.1) is 11.3 Å². The SMILES string of the molecule is CC(=O)c1ccc(-c2ncc(-c3ccccc3)o2)s1. The maximum absolute atomic E-state index is 11.3. The molecule has 19 heavy (non-hydrogen) atoms. The van der Waals surface area contributed by atoms with Crippen molar-refractivity contribution in [1.29, 1.82) is 0 Å². The van der Waals surface area contributed by atoms with Crippen LogP contribution in [0.15, 0.2) is 53.1 Å². The topological polar surface area (TPSA) is 43.1 Å². The third kappa shape index (κ3) is 2.35. The lowest BCUT2D eigenvalue weighted by Gasteiger charge is -1.93. The van der Waals surface area contributed by atoms with E-state index >= 15 is 0 Å². The summed E-state index contributed by atoms with van der Waals surface area (Å²) in [5, 5.41) is 0. The fourth-order valence-corrected chi connectivity index (χ4v) is 2.60. The molecule has 0 fully saturated rings. The van der Waals surface area contributed by atoms with Crippen molar-refractivity contribution < 1.29 is 9.21 Å². The molecule has 0 radical (unpaired) electrons. The molecule has 0 aliphatic heterocycles. The van der Waals surface area contributed by atoms with Crippen molar-refractivity contribution in [3.05, 3.63) is 53.5 Å². The lowest BCUT2D eigenvalue weighted by Crippen LogP contribution is -1.83. The summed E-state index contributed by atoms with van der Waals surface area (Å²) in [7, 11) is 0. The zero-order chi connectivity index (χ0) is 13.2. The van der Waals surface area contributed by atoms with Crippen molar-refractivity contribution in [2.75, 3.05) is 0 Å². The predicted molar refractivity (Wildman–Crippen MR) is 75.3 cm³/mol. The molecule has 3 nitrogen and oxygen atoms in total. The first-order valence-electron chi connectivity index (χ1n) is 5.86. The summed E-state index contributed by atoms with van der Waals surface area (Å²) in [6, 6.07) is 13.5. The molecular formula is C15H11NO2S. The van der Waals surface area contributed by atoms with Gasteiger partial charge < -0.3 is 4.42 Å². The molecule has 0 N–H and O–H groups in total. The van der Waals surface area contributed by atoms with Crippen molar-refractivity contribution in [1.82, 2.24) is 4.98 Å².